The fourth-order valence-electron chi connectivity index (χ4n) is 3.03. The van der Waals surface area contributed by atoms with Crippen molar-refractivity contribution in [2.45, 2.75) is 29.9 Å². The number of nitrogens with one attached hydrogen (secondary N) is 2. The summed E-state index contributed by atoms with van der Waals surface area (Å²) in [6.07, 6.45) is 5.30. The predicted octanol–water partition coefficient (Wildman–Crippen LogP) is 1.72. The highest BCUT2D eigenvalue weighted by Gasteiger charge is 2.18. The number of pyridine rings is 1. The zero-order valence-corrected chi connectivity index (χ0v) is 14.5. The summed E-state index contributed by atoms with van der Waals surface area (Å²) in [4.78, 5) is 15.8. The maximum atomic E-state index is 11.5. The molecule has 3 N–H and O–H groups in total. The van der Waals surface area contributed by atoms with Crippen molar-refractivity contribution in [3.8, 4) is 11.8 Å². The van der Waals surface area contributed by atoms with E-state index in [4.69, 9.17) is 0 Å². The Hall–Kier alpha value is -1.49. The van der Waals surface area contributed by atoms with Crippen molar-refractivity contribution in [1.82, 2.24) is 4.98 Å². The molecule has 5 nitrogen and oxygen atoms in total. The van der Waals surface area contributed by atoms with Crippen LogP contribution in [0.25, 0.3) is 10.2 Å². The van der Waals surface area contributed by atoms with Gasteiger partial charge < -0.3 is 15.0 Å². The fraction of sp³-hybridized carbons (Fsp3) is 0.500. The standard InChI is InChI=1S/C16H19N3O2S2/c17-10-11-14-15(12(20)9-13(21)18-14)23-16(11)22-8-7-19-5-3-1-2-4-6-19/h9H,1-8H2,(H2,18,20,21)/p+1. The normalized spacial score (nSPS) is 16.3. The van der Waals surface area contributed by atoms with E-state index in [0.29, 0.717) is 15.8 Å². The Morgan fingerprint density at radius 2 is 2.09 bits per heavy atom. The number of hydrogen-bond acceptors (Lipinski definition) is 5. The molecule has 0 radical (unpaired) electrons. The number of hydrogen-bond donors (Lipinski definition) is 3. The summed E-state index contributed by atoms with van der Waals surface area (Å²) < 4.78 is 1.47. The second-order valence-electron chi connectivity index (χ2n) is 5.86. The van der Waals surface area contributed by atoms with E-state index in [1.807, 2.05) is 0 Å². The van der Waals surface area contributed by atoms with E-state index in [2.05, 4.69) is 11.1 Å². The van der Waals surface area contributed by atoms with E-state index >= 15 is 0 Å². The van der Waals surface area contributed by atoms with Crippen LogP contribution in [0.5, 0.6) is 5.75 Å². The molecule has 3 rings (SSSR count). The van der Waals surface area contributed by atoms with E-state index in [-0.39, 0.29) is 11.3 Å². The van der Waals surface area contributed by atoms with Crippen molar-refractivity contribution in [3.63, 3.8) is 0 Å². The molecule has 1 aliphatic rings. The lowest BCUT2D eigenvalue weighted by atomic mass is 10.2. The van der Waals surface area contributed by atoms with Gasteiger partial charge in [0.05, 0.1) is 34.1 Å². The predicted molar refractivity (Wildman–Crippen MR) is 93.6 cm³/mol. The van der Waals surface area contributed by atoms with Gasteiger partial charge in [-0.15, -0.1) is 23.1 Å². The van der Waals surface area contributed by atoms with Crippen molar-refractivity contribution >= 4 is 33.3 Å². The minimum Gasteiger partial charge on any atom is -0.506 e. The van der Waals surface area contributed by atoms with Crippen molar-refractivity contribution in [1.29, 1.82) is 5.26 Å². The number of nitrogens with zero attached hydrogens (tertiary/aromatic N) is 1. The first kappa shape index (κ1) is 16.4. The lowest BCUT2D eigenvalue weighted by Gasteiger charge is -2.16. The molecular formula is C16H20N3O2S2+. The molecule has 0 saturated carbocycles. The van der Waals surface area contributed by atoms with Gasteiger partial charge in [-0.25, -0.2) is 0 Å². The monoisotopic (exact) mass is 350 g/mol. The second-order valence-corrected chi connectivity index (χ2v) is 8.25. The van der Waals surface area contributed by atoms with E-state index < -0.39 is 0 Å². The number of aromatic amines is 1. The van der Waals surface area contributed by atoms with Gasteiger partial charge in [0.15, 0.2) is 0 Å². The lowest BCUT2D eigenvalue weighted by molar-refractivity contribution is -0.896. The molecule has 1 fully saturated rings. The van der Waals surface area contributed by atoms with Crippen molar-refractivity contribution in [3.05, 3.63) is 22.0 Å². The molecule has 122 valence electrons. The first-order chi connectivity index (χ1) is 11.2. The minimum atomic E-state index is -0.380. The van der Waals surface area contributed by atoms with Gasteiger partial charge in [0, 0.05) is 11.8 Å². The first-order valence-corrected chi connectivity index (χ1v) is 9.74. The molecule has 3 heterocycles. The quantitative estimate of drug-likeness (QED) is 0.734. The number of aromatic nitrogens is 1. The number of thioether (sulfide) groups is 1. The molecule has 0 atom stereocenters. The van der Waals surface area contributed by atoms with Crippen LogP contribution in [-0.4, -0.2) is 35.5 Å². The molecule has 0 amide bonds. The molecule has 0 unspecified atom stereocenters. The van der Waals surface area contributed by atoms with E-state index in [9.17, 15) is 15.2 Å². The fourth-order valence-corrected chi connectivity index (χ4v) is 5.49. The number of aromatic hydroxyl groups is 1. The third kappa shape index (κ3) is 3.71. The summed E-state index contributed by atoms with van der Waals surface area (Å²) in [5.74, 6) is 0.900. The van der Waals surface area contributed by atoms with Crippen LogP contribution in [0.2, 0.25) is 0 Å². The summed E-state index contributed by atoms with van der Waals surface area (Å²) in [5, 5.41) is 19.3. The van der Waals surface area contributed by atoms with Gasteiger partial charge in [-0.05, 0) is 25.7 Å². The molecule has 0 spiro atoms. The minimum absolute atomic E-state index is 0.0461. The smallest absolute Gasteiger partial charge is 0.252 e. The Kier molecular flexibility index (Phi) is 5.26. The van der Waals surface area contributed by atoms with Crippen LogP contribution in [0.4, 0.5) is 0 Å². The molecular weight excluding hydrogens is 330 g/mol. The molecule has 1 aliphatic heterocycles. The maximum absolute atomic E-state index is 11.5. The van der Waals surface area contributed by atoms with E-state index in [1.165, 1.54) is 50.1 Å². The second kappa shape index (κ2) is 7.39. The zero-order valence-electron chi connectivity index (χ0n) is 12.9. The highest BCUT2D eigenvalue weighted by molar-refractivity contribution is 8.01. The van der Waals surface area contributed by atoms with Crippen LogP contribution in [0.3, 0.4) is 0 Å². The zero-order chi connectivity index (χ0) is 16.2. The Labute approximate surface area is 142 Å². The number of thiophene rings is 1. The van der Waals surface area contributed by atoms with Crippen LogP contribution in [0.15, 0.2) is 15.1 Å². The van der Waals surface area contributed by atoms with Gasteiger partial charge in [0.25, 0.3) is 5.56 Å². The molecule has 0 aliphatic carbocycles. The maximum Gasteiger partial charge on any atom is 0.252 e. The van der Waals surface area contributed by atoms with Crippen LogP contribution >= 0.6 is 23.1 Å². The summed E-state index contributed by atoms with van der Waals surface area (Å²) in [6, 6.07) is 3.34. The van der Waals surface area contributed by atoms with E-state index in [0.717, 1.165) is 22.6 Å². The van der Waals surface area contributed by atoms with Gasteiger partial charge in [-0.1, -0.05) is 0 Å². The number of nitriles is 1. The molecule has 0 aromatic carbocycles. The summed E-state index contributed by atoms with van der Waals surface area (Å²) in [5.41, 5.74) is 0.566. The third-order valence-electron chi connectivity index (χ3n) is 4.24. The highest BCUT2D eigenvalue weighted by Crippen LogP contribution is 2.39. The highest BCUT2D eigenvalue weighted by atomic mass is 32.2. The largest absolute Gasteiger partial charge is 0.506 e. The Morgan fingerprint density at radius 1 is 1.35 bits per heavy atom. The number of fused-ring (bicyclic) bond motifs is 1. The Bertz CT molecular complexity index is 783. The Balaban J connectivity index is 1.74. The van der Waals surface area contributed by atoms with Crippen molar-refractivity contribution < 1.29 is 10.0 Å². The van der Waals surface area contributed by atoms with Crippen LogP contribution in [0.1, 0.15) is 31.2 Å². The topological polar surface area (TPSA) is 81.3 Å². The van der Waals surface area contributed by atoms with Crippen molar-refractivity contribution in [2.24, 2.45) is 0 Å². The first-order valence-electron chi connectivity index (χ1n) is 7.94. The molecule has 2 aromatic heterocycles. The Morgan fingerprint density at radius 3 is 2.78 bits per heavy atom. The van der Waals surface area contributed by atoms with Crippen LogP contribution < -0.4 is 10.5 Å². The molecule has 0 bridgehead atoms. The van der Waals surface area contributed by atoms with Gasteiger partial charge in [0.1, 0.15) is 17.4 Å². The number of likely N-dealkylation sites (tertiary alicyclic amines) is 1. The van der Waals surface area contributed by atoms with Gasteiger partial charge in [0.2, 0.25) is 0 Å². The lowest BCUT2D eigenvalue weighted by Crippen LogP contribution is -3.12. The van der Waals surface area contributed by atoms with Gasteiger partial charge in [-0.3, -0.25) is 4.79 Å². The summed E-state index contributed by atoms with van der Waals surface area (Å²) >= 11 is 3.04. The molecule has 2 aromatic rings. The molecule has 1 saturated heterocycles. The summed E-state index contributed by atoms with van der Waals surface area (Å²) in [7, 11) is 0. The van der Waals surface area contributed by atoms with Crippen LogP contribution in [0, 0.1) is 11.3 Å². The summed E-state index contributed by atoms with van der Waals surface area (Å²) in [6.45, 7) is 3.57. The third-order valence-corrected chi connectivity index (χ3v) is 6.72. The average Bonchev–Trinajstić information content (AvgIpc) is 2.70. The SMILES string of the molecule is N#Cc1c(SCC[NH+]2CCCCCC2)sc2c(O)cc(=O)[nH]c12. The molecule has 23 heavy (non-hydrogen) atoms. The number of quaternary nitrogens is 1. The van der Waals surface area contributed by atoms with Crippen LogP contribution in [-0.2, 0) is 0 Å². The van der Waals surface area contributed by atoms with Gasteiger partial charge >= 0.3 is 0 Å². The van der Waals surface area contributed by atoms with E-state index in [1.54, 1.807) is 16.7 Å². The van der Waals surface area contributed by atoms with Crippen molar-refractivity contribution in [2.75, 3.05) is 25.4 Å². The average molecular weight is 350 g/mol. The molecule has 7 heteroatoms. The number of rotatable bonds is 4. The number of H-pyrrole nitrogens is 1. The van der Waals surface area contributed by atoms with Gasteiger partial charge in [-0.2, -0.15) is 5.26 Å².